The van der Waals surface area contributed by atoms with Gasteiger partial charge in [-0.25, -0.2) is 19.7 Å². The number of carbonyl (C=O) groups excluding carboxylic acids is 1. The van der Waals surface area contributed by atoms with E-state index >= 15 is 0 Å². The fourth-order valence-corrected chi connectivity index (χ4v) is 2.56. The van der Waals surface area contributed by atoms with Gasteiger partial charge in [0.1, 0.15) is 31.2 Å². The highest BCUT2D eigenvalue weighted by atomic mass is 16.6. The topological polar surface area (TPSA) is 176 Å². The molecule has 2 aromatic heterocycles. The number of anilines is 1. The van der Waals surface area contributed by atoms with E-state index in [0.717, 1.165) is 0 Å². The Hall–Kier alpha value is -2.85. The van der Waals surface area contributed by atoms with Crippen LogP contribution in [-0.4, -0.2) is 72.5 Å². The first-order valence-corrected chi connectivity index (χ1v) is 7.67. The maximum atomic E-state index is 11.7. The van der Waals surface area contributed by atoms with Crippen LogP contribution in [0.5, 0.6) is 0 Å². The number of carbonyl (C=O) groups is 1. The molecule has 12 heteroatoms. The first kappa shape index (κ1) is 18.0. The number of hydrogen-bond donors (Lipinski definition) is 4. The lowest BCUT2D eigenvalue weighted by molar-refractivity contribution is -0.0511. The molecule has 3 heterocycles. The second-order valence-electron chi connectivity index (χ2n) is 5.44. The molecule has 12 nitrogen and oxygen atoms in total. The molecule has 4 atom stereocenters. The normalized spacial score (nSPS) is 25.2. The van der Waals surface area contributed by atoms with Crippen LogP contribution < -0.4 is 5.32 Å². The summed E-state index contributed by atoms with van der Waals surface area (Å²) in [5.41, 5.74) is 0.449. The van der Waals surface area contributed by atoms with Gasteiger partial charge in [-0.05, 0) is 0 Å². The average Bonchev–Trinajstić information content (AvgIpc) is 3.18. The van der Waals surface area contributed by atoms with Gasteiger partial charge in [0.2, 0.25) is 0 Å². The summed E-state index contributed by atoms with van der Waals surface area (Å²) >= 11 is 0. The molecule has 0 radical (unpaired) electrons. The third-order valence-electron chi connectivity index (χ3n) is 3.82. The van der Waals surface area contributed by atoms with E-state index in [-0.39, 0.29) is 30.0 Å². The zero-order valence-corrected chi connectivity index (χ0v) is 13.4. The molecule has 1 fully saturated rings. The number of nitriles is 1. The molecule has 0 aromatic carbocycles. The highest BCUT2D eigenvalue weighted by molar-refractivity contribution is 5.93. The zero-order chi connectivity index (χ0) is 18.7. The standard InChI is InChI=1S/C14H16N6O6/c15-2-1-3-25-14(24)19-11-8-12(17-5-16-11)20(6-18-8)13-10(23)9(22)7(4-21)26-13/h5-7,9-10,13,21-23H,1,3-4H2,(H,16,17,19,24)/t7-,9-,10-,13-/m1/s1. The van der Waals surface area contributed by atoms with Crippen molar-refractivity contribution in [2.24, 2.45) is 0 Å². The Morgan fingerprint density at radius 3 is 2.88 bits per heavy atom. The highest BCUT2D eigenvalue weighted by Gasteiger charge is 2.44. The van der Waals surface area contributed by atoms with Crippen molar-refractivity contribution in [1.82, 2.24) is 19.5 Å². The van der Waals surface area contributed by atoms with Gasteiger partial charge in [-0.2, -0.15) is 5.26 Å². The third-order valence-corrected chi connectivity index (χ3v) is 3.82. The van der Waals surface area contributed by atoms with Crippen LogP contribution in [0, 0.1) is 11.3 Å². The number of nitrogens with one attached hydrogen (secondary N) is 1. The van der Waals surface area contributed by atoms with Crippen molar-refractivity contribution < 1.29 is 29.6 Å². The molecule has 1 aliphatic heterocycles. The molecule has 0 unspecified atom stereocenters. The lowest BCUT2D eigenvalue weighted by Gasteiger charge is -2.16. The van der Waals surface area contributed by atoms with Crippen molar-refractivity contribution in [1.29, 1.82) is 5.26 Å². The summed E-state index contributed by atoms with van der Waals surface area (Å²) in [6.45, 7) is -0.523. The van der Waals surface area contributed by atoms with Gasteiger partial charge in [0.15, 0.2) is 23.2 Å². The average molecular weight is 364 g/mol. The van der Waals surface area contributed by atoms with Gasteiger partial charge in [0, 0.05) is 0 Å². The van der Waals surface area contributed by atoms with E-state index in [1.807, 2.05) is 6.07 Å². The smallest absolute Gasteiger partial charge is 0.412 e. The van der Waals surface area contributed by atoms with Gasteiger partial charge in [0.05, 0.1) is 25.4 Å². The van der Waals surface area contributed by atoms with Crippen molar-refractivity contribution >= 4 is 23.1 Å². The van der Waals surface area contributed by atoms with Crippen molar-refractivity contribution in [2.75, 3.05) is 18.5 Å². The molecule has 26 heavy (non-hydrogen) atoms. The van der Waals surface area contributed by atoms with Crippen LogP contribution in [0.15, 0.2) is 12.7 Å². The third kappa shape index (κ3) is 3.28. The summed E-state index contributed by atoms with van der Waals surface area (Å²) in [4.78, 5) is 23.8. The monoisotopic (exact) mass is 364 g/mol. The minimum atomic E-state index is -1.30. The molecular formula is C14H16N6O6. The van der Waals surface area contributed by atoms with E-state index in [2.05, 4.69) is 20.3 Å². The summed E-state index contributed by atoms with van der Waals surface area (Å²) in [7, 11) is 0. The molecule has 4 N–H and O–H groups in total. The number of rotatable bonds is 5. The van der Waals surface area contributed by atoms with Crippen LogP contribution in [-0.2, 0) is 9.47 Å². The SMILES string of the molecule is N#CCCOC(=O)Nc1ncnc2c1ncn2[C@@H]1O[C@H](CO)[C@@H](O)[C@H]1O. The number of amides is 1. The van der Waals surface area contributed by atoms with E-state index in [1.165, 1.54) is 17.2 Å². The van der Waals surface area contributed by atoms with Crippen molar-refractivity contribution in [3.05, 3.63) is 12.7 Å². The largest absolute Gasteiger partial charge is 0.448 e. The molecule has 3 rings (SSSR count). The number of fused-ring (bicyclic) bond motifs is 1. The molecule has 1 aliphatic rings. The number of aliphatic hydroxyl groups is 3. The summed E-state index contributed by atoms with van der Waals surface area (Å²) < 4.78 is 11.6. The van der Waals surface area contributed by atoms with Crippen molar-refractivity contribution in [3.8, 4) is 6.07 Å². The minimum Gasteiger partial charge on any atom is -0.448 e. The van der Waals surface area contributed by atoms with Crippen LogP contribution in [0.3, 0.4) is 0 Å². The summed E-state index contributed by atoms with van der Waals surface area (Å²) in [6.07, 6.45) is -2.78. The predicted molar refractivity (Wildman–Crippen MR) is 83.5 cm³/mol. The molecule has 1 saturated heterocycles. The van der Waals surface area contributed by atoms with Crippen LogP contribution in [0.2, 0.25) is 0 Å². The van der Waals surface area contributed by atoms with Gasteiger partial charge < -0.3 is 24.8 Å². The zero-order valence-electron chi connectivity index (χ0n) is 13.4. The molecule has 138 valence electrons. The number of hydrogen-bond acceptors (Lipinski definition) is 10. The Morgan fingerprint density at radius 2 is 2.19 bits per heavy atom. The Labute approximate surface area is 146 Å². The van der Waals surface area contributed by atoms with Crippen molar-refractivity contribution in [2.45, 2.75) is 31.0 Å². The molecule has 0 bridgehead atoms. The van der Waals surface area contributed by atoms with E-state index in [4.69, 9.17) is 14.7 Å². The summed E-state index contributed by atoms with van der Waals surface area (Å²) in [5.74, 6) is 0.0717. The second-order valence-corrected chi connectivity index (χ2v) is 5.44. The number of ether oxygens (including phenoxy) is 2. The Kier molecular flexibility index (Phi) is 5.24. The fourth-order valence-electron chi connectivity index (χ4n) is 2.56. The highest BCUT2D eigenvalue weighted by Crippen LogP contribution is 2.32. The van der Waals surface area contributed by atoms with Gasteiger partial charge >= 0.3 is 6.09 Å². The molecule has 0 saturated carbocycles. The Morgan fingerprint density at radius 1 is 1.38 bits per heavy atom. The lowest BCUT2D eigenvalue weighted by Crippen LogP contribution is -2.33. The number of aromatic nitrogens is 4. The number of imidazole rings is 1. The van der Waals surface area contributed by atoms with E-state index in [9.17, 15) is 20.1 Å². The fraction of sp³-hybridized carbons (Fsp3) is 0.500. The molecule has 2 aromatic rings. The van der Waals surface area contributed by atoms with Crippen LogP contribution in [0.25, 0.3) is 11.2 Å². The van der Waals surface area contributed by atoms with Gasteiger partial charge in [-0.1, -0.05) is 0 Å². The maximum Gasteiger partial charge on any atom is 0.412 e. The van der Waals surface area contributed by atoms with Crippen LogP contribution in [0.4, 0.5) is 10.6 Å². The van der Waals surface area contributed by atoms with Crippen LogP contribution in [0.1, 0.15) is 12.6 Å². The second kappa shape index (κ2) is 7.58. The van der Waals surface area contributed by atoms with Gasteiger partial charge in [0.25, 0.3) is 0 Å². The molecule has 0 spiro atoms. The minimum absolute atomic E-state index is 0.0620. The lowest BCUT2D eigenvalue weighted by atomic mass is 10.1. The predicted octanol–water partition coefficient (Wildman–Crippen LogP) is -1.10. The van der Waals surface area contributed by atoms with E-state index in [1.54, 1.807) is 0 Å². The van der Waals surface area contributed by atoms with E-state index < -0.39 is 37.2 Å². The first-order valence-electron chi connectivity index (χ1n) is 7.67. The maximum absolute atomic E-state index is 11.7. The summed E-state index contributed by atoms with van der Waals surface area (Å²) in [6, 6.07) is 1.85. The molecule has 1 amide bonds. The first-order chi connectivity index (χ1) is 12.6. The quantitative estimate of drug-likeness (QED) is 0.476. The molecule has 0 aliphatic carbocycles. The Balaban J connectivity index is 1.83. The van der Waals surface area contributed by atoms with Crippen LogP contribution >= 0.6 is 0 Å². The number of aliphatic hydroxyl groups excluding tert-OH is 3. The van der Waals surface area contributed by atoms with Gasteiger partial charge in [-0.15, -0.1) is 0 Å². The summed E-state index contributed by atoms with van der Waals surface area (Å²) in [5, 5.41) is 40.0. The van der Waals surface area contributed by atoms with Crippen molar-refractivity contribution in [3.63, 3.8) is 0 Å². The number of nitrogens with zero attached hydrogens (tertiary/aromatic N) is 5. The molecular weight excluding hydrogens is 348 g/mol. The van der Waals surface area contributed by atoms with E-state index in [0.29, 0.717) is 0 Å². The Bertz CT molecular complexity index is 835. The van der Waals surface area contributed by atoms with Gasteiger partial charge in [-0.3, -0.25) is 9.88 Å².